The van der Waals surface area contributed by atoms with Crippen molar-refractivity contribution in [3.8, 4) is 0 Å². The summed E-state index contributed by atoms with van der Waals surface area (Å²) < 4.78 is 6.89. The Hall–Kier alpha value is -2.95. The van der Waals surface area contributed by atoms with Crippen molar-refractivity contribution >= 4 is 39.9 Å². The minimum absolute atomic E-state index is 0.207. The summed E-state index contributed by atoms with van der Waals surface area (Å²) in [6.07, 6.45) is 0. The van der Waals surface area contributed by atoms with E-state index in [0.717, 1.165) is 29.3 Å². The fourth-order valence-electron chi connectivity index (χ4n) is 3.29. The molecule has 0 saturated carbocycles. The summed E-state index contributed by atoms with van der Waals surface area (Å²) in [6, 6.07) is 7.99. The minimum atomic E-state index is -0.542. The van der Waals surface area contributed by atoms with E-state index in [9.17, 15) is 9.59 Å². The molecule has 0 aliphatic carbocycles. The number of carbonyl (C=O) groups is 2. The van der Waals surface area contributed by atoms with Crippen LogP contribution in [0.3, 0.4) is 0 Å². The van der Waals surface area contributed by atoms with Gasteiger partial charge in [-0.3, -0.25) is 20.4 Å². The highest BCUT2D eigenvalue weighted by Crippen LogP contribution is 2.22. The molecule has 1 aliphatic rings. The topological polar surface area (TPSA) is 101 Å². The molecule has 1 saturated heterocycles. The summed E-state index contributed by atoms with van der Waals surface area (Å²) in [5, 5.41) is 6.99. The Bertz CT molecular complexity index is 1120. The predicted octanol–water partition coefficient (Wildman–Crippen LogP) is 2.57. The van der Waals surface area contributed by atoms with Gasteiger partial charge in [-0.15, -0.1) is 11.3 Å². The Morgan fingerprint density at radius 2 is 1.81 bits per heavy atom. The van der Waals surface area contributed by atoms with E-state index in [0.29, 0.717) is 25.5 Å². The monoisotopic (exact) mass is 474 g/mol. The molecule has 9 nitrogen and oxygen atoms in total. The maximum atomic E-state index is 12.7. The molecule has 0 spiro atoms. The average molecular weight is 475 g/mol. The lowest BCUT2D eigenvalue weighted by Crippen LogP contribution is -2.42. The van der Waals surface area contributed by atoms with Gasteiger partial charge in [-0.1, -0.05) is 41.4 Å². The van der Waals surface area contributed by atoms with Gasteiger partial charge in [0.1, 0.15) is 16.4 Å². The summed E-state index contributed by atoms with van der Waals surface area (Å²) in [4.78, 5) is 31.5. The molecule has 2 N–H and O–H groups in total. The number of carbonyl (C=O) groups excluding carboxylic acids is 2. The second-order valence-electron chi connectivity index (χ2n) is 7.42. The quantitative estimate of drug-likeness (QED) is 0.551. The van der Waals surface area contributed by atoms with E-state index < -0.39 is 11.8 Å². The lowest BCUT2D eigenvalue weighted by atomic mass is 10.1. The largest absolute Gasteiger partial charge is 0.378 e. The normalized spacial score (nSPS) is 13.8. The van der Waals surface area contributed by atoms with Crippen LogP contribution in [0, 0.1) is 13.8 Å². The molecule has 2 amide bonds. The number of hydrazine groups is 1. The SMILES string of the molecule is Cc1ccc(Cn2nc(C)c(C(=O)NNC(=O)c3csc(N4CCOCC4)n3)c2Cl)cc1. The first kappa shape index (κ1) is 22.3. The van der Waals surface area contributed by atoms with Crippen LogP contribution in [0.5, 0.6) is 0 Å². The Kier molecular flexibility index (Phi) is 6.73. The van der Waals surface area contributed by atoms with Gasteiger partial charge in [0.05, 0.1) is 25.5 Å². The molecule has 1 fully saturated rings. The van der Waals surface area contributed by atoms with Crippen LogP contribution < -0.4 is 15.8 Å². The van der Waals surface area contributed by atoms with Crippen LogP contribution >= 0.6 is 22.9 Å². The van der Waals surface area contributed by atoms with Crippen molar-refractivity contribution in [2.45, 2.75) is 20.4 Å². The van der Waals surface area contributed by atoms with Gasteiger partial charge in [0.2, 0.25) is 0 Å². The zero-order valence-electron chi connectivity index (χ0n) is 17.7. The fourth-order valence-corrected chi connectivity index (χ4v) is 4.47. The number of hydrogen-bond donors (Lipinski definition) is 2. The van der Waals surface area contributed by atoms with Crippen LogP contribution in [0.15, 0.2) is 29.6 Å². The molecule has 0 unspecified atom stereocenters. The second-order valence-corrected chi connectivity index (χ2v) is 8.61. The van der Waals surface area contributed by atoms with E-state index in [4.69, 9.17) is 16.3 Å². The van der Waals surface area contributed by atoms with Crippen molar-refractivity contribution in [1.82, 2.24) is 25.6 Å². The third-order valence-electron chi connectivity index (χ3n) is 5.04. The van der Waals surface area contributed by atoms with E-state index in [1.54, 1.807) is 17.0 Å². The molecule has 168 valence electrons. The number of rotatable bonds is 5. The van der Waals surface area contributed by atoms with Crippen molar-refractivity contribution in [2.75, 3.05) is 31.2 Å². The molecule has 11 heteroatoms. The van der Waals surface area contributed by atoms with E-state index in [-0.39, 0.29) is 16.4 Å². The van der Waals surface area contributed by atoms with Gasteiger partial charge in [0, 0.05) is 18.5 Å². The first-order chi connectivity index (χ1) is 15.4. The van der Waals surface area contributed by atoms with E-state index >= 15 is 0 Å². The van der Waals surface area contributed by atoms with Crippen LogP contribution in [0.2, 0.25) is 5.15 Å². The average Bonchev–Trinajstić information content (AvgIpc) is 3.39. The lowest BCUT2D eigenvalue weighted by Gasteiger charge is -2.25. The third-order valence-corrected chi connectivity index (χ3v) is 6.33. The zero-order chi connectivity index (χ0) is 22.7. The van der Waals surface area contributed by atoms with E-state index in [2.05, 4.69) is 25.8 Å². The number of morpholine rings is 1. The molecule has 1 aromatic carbocycles. The number of nitrogens with one attached hydrogen (secondary N) is 2. The van der Waals surface area contributed by atoms with Crippen LogP contribution in [0.1, 0.15) is 37.7 Å². The summed E-state index contributed by atoms with van der Waals surface area (Å²) in [5.41, 5.74) is 7.89. The van der Waals surface area contributed by atoms with Crippen molar-refractivity contribution in [2.24, 2.45) is 0 Å². The third kappa shape index (κ3) is 4.93. The van der Waals surface area contributed by atoms with Crippen molar-refractivity contribution < 1.29 is 14.3 Å². The van der Waals surface area contributed by atoms with Crippen LogP contribution in [0.4, 0.5) is 5.13 Å². The predicted molar refractivity (Wildman–Crippen MR) is 122 cm³/mol. The number of aryl methyl sites for hydroxylation is 2. The minimum Gasteiger partial charge on any atom is -0.378 e. The zero-order valence-corrected chi connectivity index (χ0v) is 19.3. The highest BCUT2D eigenvalue weighted by molar-refractivity contribution is 7.13. The number of halogens is 1. The fraction of sp³-hybridized carbons (Fsp3) is 0.333. The number of aromatic nitrogens is 3. The van der Waals surface area contributed by atoms with Crippen molar-refractivity contribution in [3.05, 3.63) is 62.9 Å². The molecule has 3 heterocycles. The number of anilines is 1. The maximum absolute atomic E-state index is 12.7. The molecular weight excluding hydrogens is 452 g/mol. The van der Waals surface area contributed by atoms with Crippen molar-refractivity contribution in [1.29, 1.82) is 0 Å². The summed E-state index contributed by atoms with van der Waals surface area (Å²) in [6.45, 7) is 6.88. The summed E-state index contributed by atoms with van der Waals surface area (Å²) in [5.74, 6) is -1.05. The standard InChI is InChI=1S/C21H23ClN6O3S/c1-13-3-5-15(6-4-13)11-28-18(22)17(14(2)26-28)20(30)25-24-19(29)16-12-32-21(23-16)27-7-9-31-10-8-27/h3-6,12H,7-11H2,1-2H3,(H,24,29)(H,25,30). The Morgan fingerprint density at radius 1 is 1.12 bits per heavy atom. The highest BCUT2D eigenvalue weighted by Gasteiger charge is 2.22. The van der Waals surface area contributed by atoms with E-state index in [1.807, 2.05) is 31.2 Å². The maximum Gasteiger partial charge on any atom is 0.289 e. The molecule has 1 aliphatic heterocycles. The van der Waals surface area contributed by atoms with Crippen LogP contribution in [-0.4, -0.2) is 52.9 Å². The van der Waals surface area contributed by atoms with Gasteiger partial charge in [-0.25, -0.2) is 9.67 Å². The lowest BCUT2D eigenvalue weighted by molar-refractivity contribution is 0.0844. The van der Waals surface area contributed by atoms with E-state index in [1.165, 1.54) is 11.3 Å². The Labute approximate surface area is 194 Å². The van der Waals surface area contributed by atoms with Gasteiger partial charge in [0.25, 0.3) is 11.8 Å². The van der Waals surface area contributed by atoms with Gasteiger partial charge < -0.3 is 9.64 Å². The van der Waals surface area contributed by atoms with Crippen molar-refractivity contribution in [3.63, 3.8) is 0 Å². The molecule has 0 atom stereocenters. The molecular formula is C21H23ClN6O3S. The second kappa shape index (κ2) is 9.68. The number of benzene rings is 1. The first-order valence-electron chi connectivity index (χ1n) is 10.1. The smallest absolute Gasteiger partial charge is 0.289 e. The number of nitrogens with zero attached hydrogens (tertiary/aromatic N) is 4. The van der Waals surface area contributed by atoms with Gasteiger partial charge in [-0.2, -0.15) is 5.10 Å². The van der Waals surface area contributed by atoms with Gasteiger partial charge in [-0.05, 0) is 19.4 Å². The molecule has 0 radical (unpaired) electrons. The summed E-state index contributed by atoms with van der Waals surface area (Å²) >= 11 is 7.80. The molecule has 2 aromatic heterocycles. The van der Waals surface area contributed by atoms with Crippen LogP contribution in [-0.2, 0) is 11.3 Å². The molecule has 0 bridgehead atoms. The van der Waals surface area contributed by atoms with Gasteiger partial charge in [0.15, 0.2) is 5.13 Å². The number of ether oxygens (including phenoxy) is 1. The van der Waals surface area contributed by atoms with Gasteiger partial charge >= 0.3 is 0 Å². The Balaban J connectivity index is 1.38. The Morgan fingerprint density at radius 3 is 2.53 bits per heavy atom. The number of thiazole rings is 1. The van der Waals surface area contributed by atoms with Crippen LogP contribution in [0.25, 0.3) is 0 Å². The molecule has 4 rings (SSSR count). The first-order valence-corrected chi connectivity index (χ1v) is 11.4. The molecule has 32 heavy (non-hydrogen) atoms. The summed E-state index contributed by atoms with van der Waals surface area (Å²) in [7, 11) is 0. The number of amides is 2. The number of hydrogen-bond acceptors (Lipinski definition) is 7. The molecule has 3 aromatic rings. The highest BCUT2D eigenvalue weighted by atomic mass is 35.5.